The molecular weight excluding hydrogens is 262 g/mol. The third-order valence-electron chi connectivity index (χ3n) is 3.54. The highest BCUT2D eigenvalue weighted by atomic mass is 35.5. The van der Waals surface area contributed by atoms with Gasteiger partial charge in [0.25, 0.3) is 0 Å². The lowest BCUT2D eigenvalue weighted by Crippen LogP contribution is -2.20. The predicted octanol–water partition coefficient (Wildman–Crippen LogP) is 3.17. The van der Waals surface area contributed by atoms with Gasteiger partial charge in [0.1, 0.15) is 11.6 Å². The van der Waals surface area contributed by atoms with Gasteiger partial charge in [-0.05, 0) is 31.6 Å². The molecule has 2 heterocycles. The van der Waals surface area contributed by atoms with E-state index in [0.717, 1.165) is 37.6 Å². The average molecular weight is 286 g/mol. The van der Waals surface area contributed by atoms with Crippen molar-refractivity contribution in [3.8, 4) is 0 Å². The quantitative estimate of drug-likeness (QED) is 0.754. The molecule has 1 fully saturated rings. The van der Waals surface area contributed by atoms with Crippen LogP contribution in [-0.2, 0) is 23.6 Å². The highest BCUT2D eigenvalue weighted by Crippen LogP contribution is 2.18. The number of aryl methyl sites for hydroxylation is 1. The SMILES string of the molecule is CC(C)Cn1c(CCl)nnc1CCC1CCCCO1. The van der Waals surface area contributed by atoms with Crippen molar-refractivity contribution < 1.29 is 4.74 Å². The van der Waals surface area contributed by atoms with Crippen molar-refractivity contribution in [1.82, 2.24) is 14.8 Å². The van der Waals surface area contributed by atoms with Crippen LogP contribution in [0, 0.1) is 5.92 Å². The van der Waals surface area contributed by atoms with Crippen LogP contribution in [0.2, 0.25) is 0 Å². The molecule has 4 nitrogen and oxygen atoms in total. The smallest absolute Gasteiger partial charge is 0.147 e. The number of hydrogen-bond donors (Lipinski definition) is 0. The molecule has 19 heavy (non-hydrogen) atoms. The van der Waals surface area contributed by atoms with Gasteiger partial charge in [0.2, 0.25) is 0 Å². The summed E-state index contributed by atoms with van der Waals surface area (Å²) in [4.78, 5) is 0. The van der Waals surface area contributed by atoms with Gasteiger partial charge in [-0.2, -0.15) is 0 Å². The summed E-state index contributed by atoms with van der Waals surface area (Å²) in [6.45, 7) is 6.25. The Morgan fingerprint density at radius 2 is 2.11 bits per heavy atom. The van der Waals surface area contributed by atoms with Gasteiger partial charge in [-0.1, -0.05) is 13.8 Å². The number of halogens is 1. The lowest BCUT2D eigenvalue weighted by atomic mass is 10.0. The van der Waals surface area contributed by atoms with Crippen molar-refractivity contribution in [3.63, 3.8) is 0 Å². The highest BCUT2D eigenvalue weighted by molar-refractivity contribution is 6.16. The third-order valence-corrected chi connectivity index (χ3v) is 3.77. The lowest BCUT2D eigenvalue weighted by Gasteiger charge is -2.22. The Kier molecular flexibility index (Phi) is 5.64. The fraction of sp³-hybridized carbons (Fsp3) is 0.857. The fourth-order valence-corrected chi connectivity index (χ4v) is 2.75. The molecule has 1 aromatic rings. The predicted molar refractivity (Wildman–Crippen MR) is 76.3 cm³/mol. The summed E-state index contributed by atoms with van der Waals surface area (Å²) in [7, 11) is 0. The van der Waals surface area contributed by atoms with Crippen LogP contribution in [0.15, 0.2) is 0 Å². The normalized spacial score (nSPS) is 20.1. The molecule has 108 valence electrons. The van der Waals surface area contributed by atoms with E-state index in [2.05, 4.69) is 28.6 Å². The van der Waals surface area contributed by atoms with Crippen LogP contribution in [-0.4, -0.2) is 27.5 Å². The largest absolute Gasteiger partial charge is 0.378 e. The van der Waals surface area contributed by atoms with E-state index in [4.69, 9.17) is 16.3 Å². The Morgan fingerprint density at radius 3 is 2.74 bits per heavy atom. The first-order valence-electron chi connectivity index (χ1n) is 7.29. The van der Waals surface area contributed by atoms with Crippen molar-refractivity contribution in [1.29, 1.82) is 0 Å². The molecule has 0 spiro atoms. The molecule has 1 aromatic heterocycles. The third kappa shape index (κ3) is 4.18. The zero-order chi connectivity index (χ0) is 13.7. The van der Waals surface area contributed by atoms with Gasteiger partial charge in [-0.15, -0.1) is 21.8 Å². The molecule has 1 aliphatic rings. The van der Waals surface area contributed by atoms with E-state index in [9.17, 15) is 0 Å². The van der Waals surface area contributed by atoms with E-state index in [1.807, 2.05) is 0 Å². The van der Waals surface area contributed by atoms with Crippen molar-refractivity contribution >= 4 is 11.6 Å². The maximum atomic E-state index is 5.93. The Morgan fingerprint density at radius 1 is 1.32 bits per heavy atom. The molecule has 0 saturated carbocycles. The number of rotatable bonds is 6. The van der Waals surface area contributed by atoms with Gasteiger partial charge < -0.3 is 9.30 Å². The monoisotopic (exact) mass is 285 g/mol. The molecule has 5 heteroatoms. The molecule has 0 aromatic carbocycles. The molecule has 0 radical (unpaired) electrons. The van der Waals surface area contributed by atoms with Gasteiger partial charge in [0, 0.05) is 19.6 Å². The Bertz CT molecular complexity index is 386. The van der Waals surface area contributed by atoms with E-state index < -0.39 is 0 Å². The number of hydrogen-bond acceptors (Lipinski definition) is 3. The molecule has 1 saturated heterocycles. The van der Waals surface area contributed by atoms with E-state index in [1.165, 1.54) is 19.3 Å². The van der Waals surface area contributed by atoms with Crippen molar-refractivity contribution in [2.24, 2.45) is 5.92 Å². The minimum absolute atomic E-state index is 0.400. The number of aromatic nitrogens is 3. The second kappa shape index (κ2) is 7.25. The summed E-state index contributed by atoms with van der Waals surface area (Å²) in [6, 6.07) is 0. The number of ether oxygens (including phenoxy) is 1. The molecule has 1 unspecified atom stereocenters. The van der Waals surface area contributed by atoms with Gasteiger partial charge in [0.15, 0.2) is 0 Å². The van der Waals surface area contributed by atoms with Crippen molar-refractivity contribution in [2.45, 2.75) is 64.5 Å². The second-order valence-electron chi connectivity index (χ2n) is 5.70. The highest BCUT2D eigenvalue weighted by Gasteiger charge is 2.17. The first-order chi connectivity index (χ1) is 9.20. The fourth-order valence-electron chi connectivity index (χ4n) is 2.56. The van der Waals surface area contributed by atoms with Crippen LogP contribution in [0.25, 0.3) is 0 Å². The van der Waals surface area contributed by atoms with Crippen LogP contribution < -0.4 is 0 Å². The number of alkyl halides is 1. The van der Waals surface area contributed by atoms with Gasteiger partial charge in [-0.3, -0.25) is 0 Å². The van der Waals surface area contributed by atoms with Crippen molar-refractivity contribution in [3.05, 3.63) is 11.6 Å². The maximum absolute atomic E-state index is 5.93. The van der Waals surface area contributed by atoms with Gasteiger partial charge in [-0.25, -0.2) is 0 Å². The molecule has 0 aliphatic carbocycles. The lowest BCUT2D eigenvalue weighted by molar-refractivity contribution is 0.0111. The Labute approximate surface area is 120 Å². The summed E-state index contributed by atoms with van der Waals surface area (Å²) < 4.78 is 7.95. The molecule has 0 amide bonds. The van der Waals surface area contributed by atoms with Crippen LogP contribution in [0.3, 0.4) is 0 Å². The summed E-state index contributed by atoms with van der Waals surface area (Å²) in [5.41, 5.74) is 0. The van der Waals surface area contributed by atoms with Crippen LogP contribution in [0.1, 0.15) is 51.2 Å². The molecule has 0 bridgehead atoms. The zero-order valence-electron chi connectivity index (χ0n) is 11.9. The molecule has 2 rings (SSSR count). The molecule has 1 atom stereocenters. The molecular formula is C14H24ClN3O. The summed E-state index contributed by atoms with van der Waals surface area (Å²) in [6.07, 6.45) is 6.05. The first-order valence-corrected chi connectivity index (χ1v) is 7.82. The van der Waals surface area contributed by atoms with Crippen LogP contribution in [0.4, 0.5) is 0 Å². The summed E-state index contributed by atoms with van der Waals surface area (Å²) in [5, 5.41) is 8.49. The standard InChI is InChI=1S/C14H24ClN3O/c1-11(2)10-18-13(16-17-14(18)9-15)7-6-12-5-3-4-8-19-12/h11-12H,3-10H2,1-2H3. The Balaban J connectivity index is 1.96. The minimum Gasteiger partial charge on any atom is -0.378 e. The van der Waals surface area contributed by atoms with E-state index >= 15 is 0 Å². The van der Waals surface area contributed by atoms with E-state index in [1.54, 1.807) is 0 Å². The van der Waals surface area contributed by atoms with E-state index in [0.29, 0.717) is 17.9 Å². The Hall–Kier alpha value is -0.610. The van der Waals surface area contributed by atoms with E-state index in [-0.39, 0.29) is 0 Å². The van der Waals surface area contributed by atoms with Crippen LogP contribution in [0.5, 0.6) is 0 Å². The van der Waals surface area contributed by atoms with Gasteiger partial charge in [0.05, 0.1) is 12.0 Å². The number of nitrogens with zero attached hydrogens (tertiary/aromatic N) is 3. The summed E-state index contributed by atoms with van der Waals surface area (Å²) >= 11 is 5.93. The van der Waals surface area contributed by atoms with Crippen molar-refractivity contribution in [2.75, 3.05) is 6.61 Å². The minimum atomic E-state index is 0.400. The van der Waals surface area contributed by atoms with Gasteiger partial charge >= 0.3 is 0 Å². The molecule has 0 N–H and O–H groups in total. The van der Waals surface area contributed by atoms with Crippen LogP contribution >= 0.6 is 11.6 Å². The zero-order valence-corrected chi connectivity index (χ0v) is 12.7. The molecule has 1 aliphatic heterocycles. The maximum Gasteiger partial charge on any atom is 0.147 e. The topological polar surface area (TPSA) is 39.9 Å². The second-order valence-corrected chi connectivity index (χ2v) is 5.97. The first kappa shape index (κ1) is 14.8. The average Bonchev–Trinajstić information content (AvgIpc) is 2.79. The summed E-state index contributed by atoms with van der Waals surface area (Å²) in [5.74, 6) is 2.94.